The minimum Gasteiger partial charge on any atom is -0.244 e. The van der Waals surface area contributed by atoms with E-state index in [1.807, 2.05) is 84.9 Å². The van der Waals surface area contributed by atoms with E-state index in [9.17, 15) is 4.79 Å². The molecular formula is C27H22N4O. The largest absolute Gasteiger partial charge is 0.367 e. The molecule has 0 amide bonds. The predicted molar refractivity (Wildman–Crippen MR) is 128 cm³/mol. The van der Waals surface area contributed by atoms with Crippen molar-refractivity contribution >= 4 is 17.0 Å². The van der Waals surface area contributed by atoms with Gasteiger partial charge in [0, 0.05) is 12.0 Å². The molecule has 5 heteroatoms. The molecule has 32 heavy (non-hydrogen) atoms. The molecule has 5 aromatic rings. The van der Waals surface area contributed by atoms with Crippen molar-refractivity contribution in [2.75, 3.05) is 0 Å². The van der Waals surface area contributed by atoms with Crippen LogP contribution in [0.1, 0.15) is 22.5 Å². The summed E-state index contributed by atoms with van der Waals surface area (Å²) in [7, 11) is 0. The second-order valence-corrected chi connectivity index (χ2v) is 7.63. The van der Waals surface area contributed by atoms with Crippen LogP contribution in [0.25, 0.3) is 10.8 Å². The van der Waals surface area contributed by atoms with Crippen LogP contribution in [-0.4, -0.2) is 20.7 Å². The van der Waals surface area contributed by atoms with E-state index in [4.69, 9.17) is 0 Å². The van der Waals surface area contributed by atoms with E-state index in [1.165, 1.54) is 9.36 Å². The minimum absolute atomic E-state index is 0.253. The third kappa shape index (κ3) is 4.14. The molecule has 5 rings (SSSR count). The first-order chi connectivity index (χ1) is 15.8. The molecule has 4 aromatic carbocycles. The summed E-state index contributed by atoms with van der Waals surface area (Å²) in [5, 5.41) is 11.4. The SMILES string of the molecule is O=c1n(Cc2ccccc2)nc(Cc2ccccc2)n1N=Cc1cccc2ccccc12. The number of fused-ring (bicyclic) bond motifs is 1. The van der Waals surface area contributed by atoms with Crippen molar-refractivity contribution in [2.45, 2.75) is 13.0 Å². The van der Waals surface area contributed by atoms with Gasteiger partial charge in [0.15, 0.2) is 5.82 Å². The van der Waals surface area contributed by atoms with Gasteiger partial charge in [0.25, 0.3) is 0 Å². The molecule has 0 saturated carbocycles. The topological polar surface area (TPSA) is 52.2 Å². The molecule has 0 aliphatic rings. The van der Waals surface area contributed by atoms with E-state index in [-0.39, 0.29) is 5.69 Å². The van der Waals surface area contributed by atoms with Crippen LogP contribution < -0.4 is 5.69 Å². The number of hydrogen-bond acceptors (Lipinski definition) is 3. The van der Waals surface area contributed by atoms with E-state index < -0.39 is 0 Å². The smallest absolute Gasteiger partial charge is 0.244 e. The normalized spacial score (nSPS) is 11.4. The highest BCUT2D eigenvalue weighted by Crippen LogP contribution is 2.17. The van der Waals surface area contributed by atoms with E-state index in [1.54, 1.807) is 6.21 Å². The van der Waals surface area contributed by atoms with Crippen LogP contribution in [0, 0.1) is 0 Å². The van der Waals surface area contributed by atoms with Gasteiger partial charge in [-0.05, 0) is 21.9 Å². The zero-order chi connectivity index (χ0) is 21.8. The summed E-state index contributed by atoms with van der Waals surface area (Å²) in [4.78, 5) is 13.2. The van der Waals surface area contributed by atoms with Crippen molar-refractivity contribution < 1.29 is 0 Å². The van der Waals surface area contributed by atoms with Crippen LogP contribution in [0.3, 0.4) is 0 Å². The Kier molecular flexibility index (Phi) is 5.45. The molecule has 0 atom stereocenters. The molecule has 0 saturated heterocycles. The van der Waals surface area contributed by atoms with Gasteiger partial charge in [-0.1, -0.05) is 103 Å². The Labute approximate surface area is 185 Å². The Balaban J connectivity index is 1.56. The lowest BCUT2D eigenvalue weighted by atomic mass is 10.1. The van der Waals surface area contributed by atoms with Crippen LogP contribution >= 0.6 is 0 Å². The van der Waals surface area contributed by atoms with Crippen LogP contribution in [0.4, 0.5) is 0 Å². The molecule has 0 fully saturated rings. The average molecular weight is 419 g/mol. The molecule has 0 bridgehead atoms. The summed E-state index contributed by atoms with van der Waals surface area (Å²) >= 11 is 0. The van der Waals surface area contributed by atoms with Gasteiger partial charge >= 0.3 is 5.69 Å². The molecule has 0 spiro atoms. The summed E-state index contributed by atoms with van der Waals surface area (Å²) in [6.07, 6.45) is 2.26. The molecule has 1 heterocycles. The third-order valence-electron chi connectivity index (χ3n) is 5.40. The van der Waals surface area contributed by atoms with Crippen molar-refractivity contribution in [3.05, 3.63) is 136 Å². The first kappa shape index (κ1) is 19.7. The maximum Gasteiger partial charge on any atom is 0.367 e. The fourth-order valence-corrected chi connectivity index (χ4v) is 3.79. The van der Waals surface area contributed by atoms with E-state index >= 15 is 0 Å². The Morgan fingerprint density at radius 1 is 0.750 bits per heavy atom. The van der Waals surface area contributed by atoms with Gasteiger partial charge < -0.3 is 0 Å². The van der Waals surface area contributed by atoms with E-state index in [0.29, 0.717) is 18.8 Å². The third-order valence-corrected chi connectivity index (χ3v) is 5.40. The fraction of sp³-hybridized carbons (Fsp3) is 0.0741. The first-order valence-corrected chi connectivity index (χ1v) is 10.6. The second kappa shape index (κ2) is 8.86. The average Bonchev–Trinajstić information content (AvgIpc) is 3.12. The highest BCUT2D eigenvalue weighted by atomic mass is 16.2. The summed E-state index contributed by atoms with van der Waals surface area (Å²) in [5.41, 5.74) is 2.79. The fourth-order valence-electron chi connectivity index (χ4n) is 3.79. The molecular weight excluding hydrogens is 396 g/mol. The zero-order valence-electron chi connectivity index (χ0n) is 17.5. The second-order valence-electron chi connectivity index (χ2n) is 7.63. The van der Waals surface area contributed by atoms with Gasteiger partial charge in [0.1, 0.15) is 0 Å². The van der Waals surface area contributed by atoms with Gasteiger partial charge in [0.2, 0.25) is 0 Å². The van der Waals surface area contributed by atoms with Crippen LogP contribution in [0.2, 0.25) is 0 Å². The predicted octanol–water partition coefficient (Wildman–Crippen LogP) is 4.72. The van der Waals surface area contributed by atoms with Crippen molar-refractivity contribution in [2.24, 2.45) is 5.10 Å². The lowest BCUT2D eigenvalue weighted by Crippen LogP contribution is -2.24. The summed E-state index contributed by atoms with van der Waals surface area (Å²) in [5.74, 6) is 0.605. The summed E-state index contributed by atoms with van der Waals surface area (Å²) < 4.78 is 2.89. The van der Waals surface area contributed by atoms with E-state index in [2.05, 4.69) is 28.4 Å². The minimum atomic E-state index is -0.253. The molecule has 0 unspecified atom stereocenters. The molecule has 0 aliphatic heterocycles. The van der Waals surface area contributed by atoms with Gasteiger partial charge in [0.05, 0.1) is 12.8 Å². The highest BCUT2D eigenvalue weighted by molar-refractivity contribution is 5.99. The number of aromatic nitrogens is 3. The Hall–Kier alpha value is -4.25. The number of nitrogens with zero attached hydrogens (tertiary/aromatic N) is 4. The van der Waals surface area contributed by atoms with Crippen molar-refractivity contribution in [3.63, 3.8) is 0 Å². The van der Waals surface area contributed by atoms with Gasteiger partial charge in [-0.15, -0.1) is 0 Å². The number of benzene rings is 4. The quantitative estimate of drug-likeness (QED) is 0.375. The lowest BCUT2D eigenvalue weighted by molar-refractivity contribution is 0.643. The zero-order valence-corrected chi connectivity index (χ0v) is 17.5. The maximum atomic E-state index is 13.2. The molecule has 0 N–H and O–H groups in total. The summed E-state index contributed by atoms with van der Waals surface area (Å²) in [6, 6.07) is 34.1. The van der Waals surface area contributed by atoms with Crippen LogP contribution in [-0.2, 0) is 13.0 Å². The van der Waals surface area contributed by atoms with Crippen molar-refractivity contribution in [1.82, 2.24) is 14.5 Å². The Bertz CT molecular complexity index is 1430. The van der Waals surface area contributed by atoms with E-state index in [0.717, 1.165) is 27.5 Å². The molecule has 0 radical (unpaired) electrons. The molecule has 5 nitrogen and oxygen atoms in total. The number of hydrogen-bond donors (Lipinski definition) is 0. The Morgan fingerprint density at radius 2 is 1.41 bits per heavy atom. The van der Waals surface area contributed by atoms with Crippen LogP contribution in [0.5, 0.6) is 0 Å². The molecule has 156 valence electrons. The summed E-state index contributed by atoms with van der Waals surface area (Å²) in [6.45, 7) is 0.401. The lowest BCUT2D eigenvalue weighted by Gasteiger charge is -2.02. The molecule has 1 aromatic heterocycles. The van der Waals surface area contributed by atoms with Gasteiger partial charge in [-0.2, -0.15) is 14.9 Å². The Morgan fingerprint density at radius 3 is 2.19 bits per heavy atom. The monoisotopic (exact) mass is 418 g/mol. The van der Waals surface area contributed by atoms with Gasteiger partial charge in [-0.25, -0.2) is 9.48 Å². The molecule has 0 aliphatic carbocycles. The standard InChI is InChI=1S/C27H22N4O/c32-27-30(20-22-12-5-2-6-13-22)29-26(18-21-10-3-1-4-11-21)31(27)28-19-24-16-9-15-23-14-7-8-17-25(23)24/h1-17,19H,18,20H2. The highest BCUT2D eigenvalue weighted by Gasteiger charge is 2.14. The van der Waals surface area contributed by atoms with Crippen molar-refractivity contribution in [1.29, 1.82) is 0 Å². The van der Waals surface area contributed by atoms with Gasteiger partial charge in [-0.3, -0.25) is 0 Å². The maximum absolute atomic E-state index is 13.2. The first-order valence-electron chi connectivity index (χ1n) is 10.6. The number of rotatable bonds is 6. The van der Waals surface area contributed by atoms with Crippen LogP contribution in [0.15, 0.2) is 113 Å². The van der Waals surface area contributed by atoms with Crippen molar-refractivity contribution in [3.8, 4) is 0 Å².